The summed E-state index contributed by atoms with van der Waals surface area (Å²) >= 11 is 6.06. The molecule has 2 amide bonds. The summed E-state index contributed by atoms with van der Waals surface area (Å²) in [6.07, 6.45) is 6.03. The summed E-state index contributed by atoms with van der Waals surface area (Å²) < 4.78 is 6.63. The molecule has 0 bridgehead atoms. The fourth-order valence-electron chi connectivity index (χ4n) is 2.36. The number of carbonyl (C=O) groups is 2. The first-order valence-corrected chi connectivity index (χ1v) is 8.48. The van der Waals surface area contributed by atoms with Gasteiger partial charge in [-0.2, -0.15) is 5.10 Å². The number of nitrogens with zero attached hydrogens (tertiary/aromatic N) is 2. The van der Waals surface area contributed by atoms with Crippen LogP contribution in [0.3, 0.4) is 0 Å². The molecule has 0 aliphatic carbocycles. The van der Waals surface area contributed by atoms with Gasteiger partial charge in [-0.25, -0.2) is 0 Å². The van der Waals surface area contributed by atoms with Crippen molar-refractivity contribution in [2.75, 3.05) is 5.32 Å². The van der Waals surface area contributed by atoms with Gasteiger partial charge in [-0.1, -0.05) is 29.8 Å². The smallest absolute Gasteiger partial charge is 0.274 e. The van der Waals surface area contributed by atoms with Crippen molar-refractivity contribution in [1.29, 1.82) is 0 Å². The zero-order valence-electron chi connectivity index (χ0n) is 14.5. The minimum Gasteiger partial charge on any atom is -0.467 e. The van der Waals surface area contributed by atoms with E-state index in [2.05, 4.69) is 15.7 Å². The van der Waals surface area contributed by atoms with E-state index in [-0.39, 0.29) is 12.2 Å². The van der Waals surface area contributed by atoms with Gasteiger partial charge in [0.15, 0.2) is 5.69 Å². The lowest BCUT2D eigenvalue weighted by Crippen LogP contribution is -2.24. The molecule has 1 aromatic carbocycles. The van der Waals surface area contributed by atoms with E-state index in [0.29, 0.717) is 16.5 Å². The summed E-state index contributed by atoms with van der Waals surface area (Å²) in [5, 5.41) is 10.0. The number of benzene rings is 1. The van der Waals surface area contributed by atoms with E-state index in [1.54, 1.807) is 43.6 Å². The predicted molar refractivity (Wildman–Crippen MR) is 102 cm³/mol. The van der Waals surface area contributed by atoms with Gasteiger partial charge in [-0.05, 0) is 29.8 Å². The third-order valence-electron chi connectivity index (χ3n) is 3.62. The molecule has 8 heteroatoms. The molecule has 0 fully saturated rings. The summed E-state index contributed by atoms with van der Waals surface area (Å²) in [7, 11) is 1.67. The zero-order chi connectivity index (χ0) is 19.2. The van der Waals surface area contributed by atoms with Crippen molar-refractivity contribution in [2.45, 2.75) is 6.54 Å². The van der Waals surface area contributed by atoms with Gasteiger partial charge < -0.3 is 15.1 Å². The van der Waals surface area contributed by atoms with Crippen LogP contribution < -0.4 is 10.6 Å². The SMILES string of the molecule is Cn1cc(NC(=O)/C=C/c2ccccc2Cl)c(C(=O)NCc2ccco2)n1. The van der Waals surface area contributed by atoms with Crippen molar-refractivity contribution >= 4 is 35.2 Å². The third-order valence-corrected chi connectivity index (χ3v) is 3.97. The van der Waals surface area contributed by atoms with Crippen LogP contribution in [0.15, 0.2) is 59.4 Å². The quantitative estimate of drug-likeness (QED) is 0.638. The Balaban J connectivity index is 1.67. The minimum absolute atomic E-state index is 0.114. The van der Waals surface area contributed by atoms with Gasteiger partial charge in [0.1, 0.15) is 5.76 Å². The van der Waals surface area contributed by atoms with Crippen LogP contribution in [-0.4, -0.2) is 21.6 Å². The van der Waals surface area contributed by atoms with Crippen LogP contribution >= 0.6 is 11.6 Å². The number of aryl methyl sites for hydroxylation is 1. The maximum Gasteiger partial charge on any atom is 0.274 e. The minimum atomic E-state index is -0.419. The molecular formula is C19H17ClN4O3. The predicted octanol–water partition coefficient (Wildman–Crippen LogP) is 3.25. The van der Waals surface area contributed by atoms with Crippen LogP contribution in [0.1, 0.15) is 21.8 Å². The van der Waals surface area contributed by atoms with Crippen molar-refractivity contribution in [2.24, 2.45) is 7.05 Å². The molecule has 0 spiro atoms. The number of anilines is 1. The second-order valence-electron chi connectivity index (χ2n) is 5.67. The number of nitrogens with one attached hydrogen (secondary N) is 2. The maximum absolute atomic E-state index is 12.4. The van der Waals surface area contributed by atoms with Crippen molar-refractivity contribution in [3.63, 3.8) is 0 Å². The lowest BCUT2D eigenvalue weighted by molar-refractivity contribution is -0.111. The molecule has 138 valence electrons. The highest BCUT2D eigenvalue weighted by molar-refractivity contribution is 6.32. The molecule has 0 aliphatic heterocycles. The monoisotopic (exact) mass is 384 g/mol. The number of aromatic nitrogens is 2. The fourth-order valence-corrected chi connectivity index (χ4v) is 2.56. The summed E-state index contributed by atoms with van der Waals surface area (Å²) in [6, 6.07) is 10.7. The van der Waals surface area contributed by atoms with Crippen LogP contribution in [0.5, 0.6) is 0 Å². The third kappa shape index (κ3) is 4.86. The fraction of sp³-hybridized carbons (Fsp3) is 0.105. The van der Waals surface area contributed by atoms with E-state index < -0.39 is 11.8 Å². The van der Waals surface area contributed by atoms with E-state index >= 15 is 0 Å². The van der Waals surface area contributed by atoms with Crippen molar-refractivity contribution in [3.8, 4) is 0 Å². The number of halogens is 1. The van der Waals surface area contributed by atoms with Gasteiger partial charge in [0.25, 0.3) is 5.91 Å². The average Bonchev–Trinajstić information content (AvgIpc) is 3.28. The Morgan fingerprint density at radius 2 is 2.07 bits per heavy atom. The molecular weight excluding hydrogens is 368 g/mol. The summed E-state index contributed by atoms with van der Waals surface area (Å²) in [4.78, 5) is 24.6. The first-order chi connectivity index (χ1) is 13.0. The first kappa shape index (κ1) is 18.5. The van der Waals surface area contributed by atoms with Crippen LogP contribution in [-0.2, 0) is 18.4 Å². The van der Waals surface area contributed by atoms with Gasteiger partial charge in [0.2, 0.25) is 5.91 Å². The Hall–Kier alpha value is -3.32. The first-order valence-electron chi connectivity index (χ1n) is 8.11. The molecule has 0 saturated carbocycles. The van der Waals surface area contributed by atoms with Gasteiger partial charge >= 0.3 is 0 Å². The normalized spacial score (nSPS) is 10.9. The molecule has 2 N–H and O–H groups in total. The molecule has 0 saturated heterocycles. The molecule has 0 aliphatic rings. The van der Waals surface area contributed by atoms with Gasteiger partial charge in [-0.3, -0.25) is 14.3 Å². The van der Waals surface area contributed by atoms with Crippen molar-refractivity contribution in [3.05, 3.63) is 77.0 Å². The Morgan fingerprint density at radius 1 is 1.26 bits per heavy atom. The maximum atomic E-state index is 12.4. The van der Waals surface area contributed by atoms with E-state index in [9.17, 15) is 9.59 Å². The molecule has 3 rings (SSSR count). The number of amides is 2. The van der Waals surface area contributed by atoms with Crippen LogP contribution in [0.4, 0.5) is 5.69 Å². The summed E-state index contributed by atoms with van der Waals surface area (Å²) in [5.74, 6) is -0.201. The van der Waals surface area contributed by atoms with Crippen molar-refractivity contribution < 1.29 is 14.0 Å². The largest absolute Gasteiger partial charge is 0.467 e. The number of furan rings is 1. The molecule has 0 radical (unpaired) electrons. The molecule has 3 aromatic rings. The molecule has 2 aromatic heterocycles. The van der Waals surface area contributed by atoms with Gasteiger partial charge in [0, 0.05) is 24.3 Å². The molecule has 0 atom stereocenters. The number of rotatable bonds is 6. The second kappa shape index (κ2) is 8.37. The molecule has 0 unspecified atom stereocenters. The Kier molecular flexibility index (Phi) is 5.73. The topological polar surface area (TPSA) is 89.2 Å². The highest BCUT2D eigenvalue weighted by atomic mass is 35.5. The van der Waals surface area contributed by atoms with E-state index in [4.69, 9.17) is 16.0 Å². The second-order valence-corrected chi connectivity index (χ2v) is 6.08. The number of hydrogen-bond donors (Lipinski definition) is 2. The lowest BCUT2D eigenvalue weighted by Gasteiger charge is -2.04. The molecule has 2 heterocycles. The van der Waals surface area contributed by atoms with Crippen LogP contribution in [0, 0.1) is 0 Å². The summed E-state index contributed by atoms with van der Waals surface area (Å²) in [5.41, 5.74) is 1.14. The van der Waals surface area contributed by atoms with E-state index in [1.807, 2.05) is 12.1 Å². The Bertz CT molecular complexity index is 977. The number of hydrogen-bond acceptors (Lipinski definition) is 4. The van der Waals surface area contributed by atoms with Crippen LogP contribution in [0.25, 0.3) is 6.08 Å². The lowest BCUT2D eigenvalue weighted by atomic mass is 10.2. The van der Waals surface area contributed by atoms with Gasteiger partial charge in [0.05, 0.1) is 18.5 Å². The van der Waals surface area contributed by atoms with Crippen molar-refractivity contribution in [1.82, 2.24) is 15.1 Å². The zero-order valence-corrected chi connectivity index (χ0v) is 15.2. The van der Waals surface area contributed by atoms with Gasteiger partial charge in [-0.15, -0.1) is 0 Å². The number of carbonyl (C=O) groups excluding carboxylic acids is 2. The average molecular weight is 385 g/mol. The van der Waals surface area contributed by atoms with Crippen LogP contribution in [0.2, 0.25) is 5.02 Å². The molecule has 27 heavy (non-hydrogen) atoms. The highest BCUT2D eigenvalue weighted by Gasteiger charge is 2.17. The summed E-state index contributed by atoms with van der Waals surface area (Å²) in [6.45, 7) is 0.224. The molecule has 7 nitrogen and oxygen atoms in total. The Morgan fingerprint density at radius 3 is 2.81 bits per heavy atom. The Labute approximate surface area is 160 Å². The van der Waals surface area contributed by atoms with E-state index in [0.717, 1.165) is 5.56 Å². The standard InChI is InChI=1S/C19H17ClN4O3/c1-24-12-16(18(23-24)19(26)21-11-14-6-4-10-27-14)22-17(25)9-8-13-5-2-3-7-15(13)20/h2-10,12H,11H2,1H3,(H,21,26)(H,22,25)/b9-8+. The highest BCUT2D eigenvalue weighted by Crippen LogP contribution is 2.17. The van der Waals surface area contributed by atoms with E-state index in [1.165, 1.54) is 17.0 Å².